The van der Waals surface area contributed by atoms with Gasteiger partial charge < -0.3 is 0 Å². The summed E-state index contributed by atoms with van der Waals surface area (Å²) in [7, 11) is 0. The molecule has 0 radical (unpaired) electrons. The Morgan fingerprint density at radius 3 is 1.47 bits per heavy atom. The van der Waals surface area contributed by atoms with Crippen molar-refractivity contribution in [1.82, 2.24) is 14.5 Å². The molecular weight excluding hydrogens is 571 g/mol. The molecule has 0 bridgehead atoms. The third-order valence-electron chi connectivity index (χ3n) is 9.11. The highest BCUT2D eigenvalue weighted by atomic mass is 15.1. The molecule has 0 saturated heterocycles. The lowest BCUT2D eigenvalue weighted by Gasteiger charge is -2.18. The molecule has 9 aromatic rings. The van der Waals surface area contributed by atoms with Crippen LogP contribution in [0.15, 0.2) is 176 Å². The zero-order valence-electron chi connectivity index (χ0n) is 25.6. The smallest absolute Gasteiger partial charge is 0.145 e. The molecule has 0 aliphatic carbocycles. The van der Waals surface area contributed by atoms with Gasteiger partial charge in [0.2, 0.25) is 0 Å². The number of pyridine rings is 1. The average Bonchev–Trinajstić information content (AvgIpc) is 3.54. The van der Waals surface area contributed by atoms with E-state index in [1.807, 2.05) is 24.5 Å². The van der Waals surface area contributed by atoms with Gasteiger partial charge >= 0.3 is 0 Å². The molecule has 2 heterocycles. The van der Waals surface area contributed by atoms with E-state index in [9.17, 15) is 0 Å². The quantitative estimate of drug-likeness (QED) is 0.184. The molecule has 2 aromatic heterocycles. The summed E-state index contributed by atoms with van der Waals surface area (Å²) in [5.41, 5.74) is 11.4. The Morgan fingerprint density at radius 2 is 0.894 bits per heavy atom. The molecule has 0 saturated carbocycles. The van der Waals surface area contributed by atoms with E-state index in [-0.39, 0.29) is 0 Å². The van der Waals surface area contributed by atoms with E-state index >= 15 is 0 Å². The second-order valence-corrected chi connectivity index (χ2v) is 11.8. The second-order valence-electron chi connectivity index (χ2n) is 11.8. The van der Waals surface area contributed by atoms with Crippen LogP contribution in [0.1, 0.15) is 0 Å². The van der Waals surface area contributed by atoms with E-state index < -0.39 is 0 Å². The number of imidazole rings is 1. The number of benzene rings is 7. The third-order valence-corrected chi connectivity index (χ3v) is 9.11. The summed E-state index contributed by atoms with van der Waals surface area (Å²) in [5.74, 6) is 0.934. The van der Waals surface area contributed by atoms with Crippen LogP contribution in [0.4, 0.5) is 0 Å². The zero-order valence-corrected chi connectivity index (χ0v) is 25.6. The van der Waals surface area contributed by atoms with Crippen LogP contribution in [0, 0.1) is 0 Å². The normalized spacial score (nSPS) is 11.4. The first kappa shape index (κ1) is 27.0. The van der Waals surface area contributed by atoms with Crippen LogP contribution in [0.5, 0.6) is 0 Å². The van der Waals surface area contributed by atoms with Crippen LogP contribution >= 0.6 is 0 Å². The first-order chi connectivity index (χ1) is 23.3. The van der Waals surface area contributed by atoms with Gasteiger partial charge in [0.1, 0.15) is 5.82 Å². The number of nitrogens with zero attached hydrogens (tertiary/aromatic N) is 3. The Morgan fingerprint density at radius 1 is 0.383 bits per heavy atom. The van der Waals surface area contributed by atoms with Crippen molar-refractivity contribution in [2.24, 2.45) is 0 Å². The maximum Gasteiger partial charge on any atom is 0.145 e. The minimum absolute atomic E-state index is 0.934. The highest BCUT2D eigenvalue weighted by Gasteiger charge is 2.18. The van der Waals surface area contributed by atoms with Gasteiger partial charge in [-0.3, -0.25) is 9.55 Å². The van der Waals surface area contributed by atoms with E-state index in [0.29, 0.717) is 0 Å². The van der Waals surface area contributed by atoms with Gasteiger partial charge in [0.25, 0.3) is 0 Å². The molecule has 7 aromatic carbocycles. The van der Waals surface area contributed by atoms with Crippen molar-refractivity contribution in [3.63, 3.8) is 0 Å². The molecule has 0 aliphatic rings. The first-order valence-electron chi connectivity index (χ1n) is 15.9. The lowest BCUT2D eigenvalue weighted by atomic mass is 9.85. The summed E-state index contributed by atoms with van der Waals surface area (Å²) in [6.07, 6.45) is 3.73. The van der Waals surface area contributed by atoms with Crippen LogP contribution < -0.4 is 0 Å². The standard InChI is InChI=1S/C44H29N3/c1-2-12-35(13-3-1)47-41-19-9-8-18-40(41)46-44(47)33-26-24-32(25-27-33)43-38-16-6-4-14-36(38)42(37-15-5-7-17-39(37)43)31-22-20-30(21-23-31)34-11-10-28-45-29-34/h1-29H. The Labute approximate surface area is 273 Å². The van der Waals surface area contributed by atoms with Crippen molar-refractivity contribution in [3.05, 3.63) is 176 Å². The van der Waals surface area contributed by atoms with Crippen LogP contribution in [-0.2, 0) is 0 Å². The van der Waals surface area contributed by atoms with Gasteiger partial charge in [-0.2, -0.15) is 0 Å². The lowest BCUT2D eigenvalue weighted by molar-refractivity contribution is 1.10. The van der Waals surface area contributed by atoms with Crippen molar-refractivity contribution < 1.29 is 0 Å². The predicted octanol–water partition coefficient (Wildman–Crippen LogP) is 11.4. The van der Waals surface area contributed by atoms with Gasteiger partial charge in [-0.1, -0.05) is 133 Å². The number of aromatic nitrogens is 3. The predicted molar refractivity (Wildman–Crippen MR) is 196 cm³/mol. The van der Waals surface area contributed by atoms with Crippen LogP contribution in [0.2, 0.25) is 0 Å². The molecular formula is C44H29N3. The van der Waals surface area contributed by atoms with Crippen molar-refractivity contribution in [3.8, 4) is 50.5 Å². The van der Waals surface area contributed by atoms with Crippen LogP contribution in [0.25, 0.3) is 83.0 Å². The molecule has 220 valence electrons. The molecule has 9 rings (SSSR count). The molecule has 47 heavy (non-hydrogen) atoms. The van der Waals surface area contributed by atoms with Gasteiger partial charge in [-0.05, 0) is 85.3 Å². The SMILES string of the molecule is c1ccc(-n2c(-c3ccc(-c4c5ccccc5c(-c5ccc(-c6cccnc6)cc5)c5ccccc45)cc3)nc3ccccc32)cc1. The summed E-state index contributed by atoms with van der Waals surface area (Å²) in [4.78, 5) is 9.40. The van der Waals surface area contributed by atoms with Crippen LogP contribution in [-0.4, -0.2) is 14.5 Å². The van der Waals surface area contributed by atoms with E-state index in [0.717, 1.165) is 39.2 Å². The topological polar surface area (TPSA) is 30.7 Å². The number of rotatable bonds is 5. The fourth-order valence-corrected chi connectivity index (χ4v) is 6.96. The molecule has 0 unspecified atom stereocenters. The molecule has 0 N–H and O–H groups in total. The Balaban J connectivity index is 1.20. The fourth-order valence-electron chi connectivity index (χ4n) is 6.96. The Bertz CT molecular complexity index is 2470. The summed E-state index contributed by atoms with van der Waals surface area (Å²) in [6, 6.07) is 58.3. The monoisotopic (exact) mass is 599 g/mol. The van der Waals surface area contributed by atoms with Gasteiger partial charge in [0.15, 0.2) is 0 Å². The van der Waals surface area contributed by atoms with Gasteiger partial charge in [0, 0.05) is 23.6 Å². The Hall–Kier alpha value is -6.32. The van der Waals surface area contributed by atoms with Gasteiger partial charge in [-0.15, -0.1) is 0 Å². The van der Waals surface area contributed by atoms with Crippen LogP contribution in [0.3, 0.4) is 0 Å². The van der Waals surface area contributed by atoms with Crippen molar-refractivity contribution >= 4 is 32.6 Å². The van der Waals surface area contributed by atoms with E-state index in [1.165, 1.54) is 43.8 Å². The lowest BCUT2D eigenvalue weighted by Crippen LogP contribution is -1.97. The van der Waals surface area contributed by atoms with E-state index in [4.69, 9.17) is 4.98 Å². The molecule has 0 spiro atoms. The maximum atomic E-state index is 5.09. The number of para-hydroxylation sites is 3. The minimum atomic E-state index is 0.934. The van der Waals surface area contributed by atoms with Crippen molar-refractivity contribution in [2.45, 2.75) is 0 Å². The molecule has 0 amide bonds. The summed E-state index contributed by atoms with van der Waals surface area (Å²) in [5, 5.41) is 4.96. The number of fused-ring (bicyclic) bond motifs is 3. The summed E-state index contributed by atoms with van der Waals surface area (Å²) >= 11 is 0. The van der Waals surface area contributed by atoms with Gasteiger partial charge in [0.05, 0.1) is 11.0 Å². The third kappa shape index (κ3) is 4.60. The number of hydrogen-bond donors (Lipinski definition) is 0. The highest BCUT2D eigenvalue weighted by molar-refractivity contribution is 6.21. The van der Waals surface area contributed by atoms with Gasteiger partial charge in [-0.25, -0.2) is 4.98 Å². The average molecular weight is 600 g/mol. The molecule has 3 nitrogen and oxygen atoms in total. The van der Waals surface area contributed by atoms with E-state index in [1.54, 1.807) is 0 Å². The Kier molecular flexibility index (Phi) is 6.46. The molecule has 0 aliphatic heterocycles. The zero-order chi connectivity index (χ0) is 31.2. The minimum Gasteiger partial charge on any atom is -0.292 e. The van der Waals surface area contributed by atoms with E-state index in [2.05, 4.69) is 161 Å². The highest BCUT2D eigenvalue weighted by Crippen LogP contribution is 2.44. The molecule has 3 heteroatoms. The number of hydrogen-bond acceptors (Lipinski definition) is 2. The molecule has 0 atom stereocenters. The summed E-state index contributed by atoms with van der Waals surface area (Å²) in [6.45, 7) is 0. The van der Waals surface area contributed by atoms with Crippen molar-refractivity contribution in [2.75, 3.05) is 0 Å². The first-order valence-corrected chi connectivity index (χ1v) is 15.9. The maximum absolute atomic E-state index is 5.09. The second kappa shape index (κ2) is 11.2. The fraction of sp³-hybridized carbons (Fsp3) is 0. The largest absolute Gasteiger partial charge is 0.292 e. The van der Waals surface area contributed by atoms with Crippen molar-refractivity contribution in [1.29, 1.82) is 0 Å². The molecule has 0 fully saturated rings. The summed E-state index contributed by atoms with van der Waals surface area (Å²) < 4.78 is 2.25.